The molecule has 0 unspecified atom stereocenters. The molecule has 0 spiro atoms. The van der Waals surface area contributed by atoms with Gasteiger partial charge in [0.1, 0.15) is 0 Å². The standard InChI is InChI=1S/C22H36N4O3/c1-15(2)19(27)17(12-9-13-24-21(23)29)25-20(28)18(26-22(3,4)5)14-16-10-7-6-8-11-16/h6-8,10-11,15,17-18,26H,9,12-14H2,1-5H3,(H,25,28)(H3,23,24,29)/t17-,18-/m0/s1. The number of hydrogen-bond acceptors (Lipinski definition) is 4. The van der Waals surface area contributed by atoms with Gasteiger partial charge in [-0.15, -0.1) is 0 Å². The average molecular weight is 405 g/mol. The van der Waals surface area contributed by atoms with Crippen LogP contribution < -0.4 is 21.7 Å². The lowest BCUT2D eigenvalue weighted by Crippen LogP contribution is -2.56. The Morgan fingerprint density at radius 3 is 2.17 bits per heavy atom. The monoisotopic (exact) mass is 404 g/mol. The van der Waals surface area contributed by atoms with Crippen molar-refractivity contribution in [3.05, 3.63) is 35.9 Å². The van der Waals surface area contributed by atoms with Crippen LogP contribution in [0.4, 0.5) is 4.79 Å². The number of Topliss-reactive ketones (excluding diaryl/α,β-unsaturated/α-hetero) is 1. The van der Waals surface area contributed by atoms with Crippen molar-refractivity contribution in [2.24, 2.45) is 11.7 Å². The van der Waals surface area contributed by atoms with Gasteiger partial charge in [0, 0.05) is 18.0 Å². The van der Waals surface area contributed by atoms with Crippen LogP contribution in [0.2, 0.25) is 0 Å². The number of rotatable bonds is 11. The van der Waals surface area contributed by atoms with Gasteiger partial charge in [-0.1, -0.05) is 44.2 Å². The molecule has 0 saturated carbocycles. The number of hydrogen-bond donors (Lipinski definition) is 4. The smallest absolute Gasteiger partial charge is 0.312 e. The van der Waals surface area contributed by atoms with E-state index in [0.717, 1.165) is 5.56 Å². The lowest BCUT2D eigenvalue weighted by Gasteiger charge is -2.30. The highest BCUT2D eigenvalue weighted by molar-refractivity contribution is 5.92. The summed E-state index contributed by atoms with van der Waals surface area (Å²) in [5, 5.41) is 8.81. The summed E-state index contributed by atoms with van der Waals surface area (Å²) in [6.07, 6.45) is 1.51. The molecule has 1 aromatic rings. The zero-order valence-corrected chi connectivity index (χ0v) is 18.2. The summed E-state index contributed by atoms with van der Waals surface area (Å²) in [5.74, 6) is -0.426. The van der Waals surface area contributed by atoms with E-state index < -0.39 is 18.1 Å². The van der Waals surface area contributed by atoms with Crippen LogP contribution in [-0.2, 0) is 16.0 Å². The molecule has 162 valence electrons. The summed E-state index contributed by atoms with van der Waals surface area (Å²) in [6, 6.07) is 8.12. The summed E-state index contributed by atoms with van der Waals surface area (Å²) in [4.78, 5) is 36.5. The first kappa shape index (κ1) is 24.6. The fraction of sp³-hybridized carbons (Fsp3) is 0.591. The molecule has 0 aromatic heterocycles. The average Bonchev–Trinajstić information content (AvgIpc) is 2.62. The lowest BCUT2D eigenvalue weighted by atomic mass is 9.96. The van der Waals surface area contributed by atoms with Gasteiger partial charge in [-0.05, 0) is 45.6 Å². The first-order valence-corrected chi connectivity index (χ1v) is 10.2. The first-order chi connectivity index (χ1) is 13.5. The van der Waals surface area contributed by atoms with E-state index >= 15 is 0 Å². The second kappa shape index (κ2) is 11.6. The summed E-state index contributed by atoms with van der Waals surface area (Å²) < 4.78 is 0. The molecule has 3 amide bonds. The number of ketones is 1. The largest absolute Gasteiger partial charge is 0.352 e. The minimum atomic E-state index is -0.600. The number of carbonyl (C=O) groups is 3. The van der Waals surface area contributed by atoms with Gasteiger partial charge in [0.15, 0.2) is 5.78 Å². The van der Waals surface area contributed by atoms with Crippen molar-refractivity contribution >= 4 is 17.7 Å². The molecule has 5 N–H and O–H groups in total. The predicted molar refractivity (Wildman–Crippen MR) is 115 cm³/mol. The van der Waals surface area contributed by atoms with Crippen molar-refractivity contribution < 1.29 is 14.4 Å². The number of primary amides is 1. The van der Waals surface area contributed by atoms with Gasteiger partial charge in [0.2, 0.25) is 5.91 Å². The molecule has 0 saturated heterocycles. The maximum absolute atomic E-state index is 13.1. The Morgan fingerprint density at radius 1 is 1.03 bits per heavy atom. The van der Waals surface area contributed by atoms with Crippen LogP contribution in [0.1, 0.15) is 53.0 Å². The summed E-state index contributed by atoms with van der Waals surface area (Å²) in [7, 11) is 0. The SMILES string of the molecule is CC(C)C(=O)[C@H](CCCNC(N)=O)NC(=O)[C@H](Cc1ccccc1)NC(C)(C)C. The number of nitrogens with one attached hydrogen (secondary N) is 3. The quantitative estimate of drug-likeness (QED) is 0.423. The van der Waals surface area contributed by atoms with Gasteiger partial charge >= 0.3 is 6.03 Å². The number of amides is 3. The zero-order chi connectivity index (χ0) is 22.0. The van der Waals surface area contributed by atoms with Crippen molar-refractivity contribution in [3.63, 3.8) is 0 Å². The van der Waals surface area contributed by atoms with Crippen LogP contribution in [0.3, 0.4) is 0 Å². The van der Waals surface area contributed by atoms with E-state index in [0.29, 0.717) is 25.8 Å². The number of carbonyl (C=O) groups excluding carboxylic acids is 3. The highest BCUT2D eigenvalue weighted by Gasteiger charge is 2.29. The Hall–Kier alpha value is -2.41. The van der Waals surface area contributed by atoms with Gasteiger partial charge in [0.25, 0.3) is 0 Å². The third-order valence-corrected chi connectivity index (χ3v) is 4.40. The molecule has 1 aromatic carbocycles. The van der Waals surface area contributed by atoms with Crippen LogP contribution in [0.5, 0.6) is 0 Å². The van der Waals surface area contributed by atoms with E-state index in [4.69, 9.17) is 5.73 Å². The normalized spacial score (nSPS) is 13.6. The number of benzene rings is 1. The molecule has 2 atom stereocenters. The van der Waals surface area contributed by atoms with Crippen molar-refractivity contribution in [1.82, 2.24) is 16.0 Å². The number of urea groups is 1. The van der Waals surface area contributed by atoms with Gasteiger partial charge in [-0.25, -0.2) is 4.79 Å². The lowest BCUT2D eigenvalue weighted by molar-refractivity contribution is -0.130. The molecule has 7 nitrogen and oxygen atoms in total. The van der Waals surface area contributed by atoms with E-state index in [9.17, 15) is 14.4 Å². The second-order valence-corrected chi connectivity index (χ2v) is 8.69. The Kier molecular flexibility index (Phi) is 9.81. The molecule has 1 rings (SSSR count). The van der Waals surface area contributed by atoms with E-state index in [-0.39, 0.29) is 23.1 Å². The van der Waals surface area contributed by atoms with Crippen molar-refractivity contribution in [2.75, 3.05) is 6.54 Å². The highest BCUT2D eigenvalue weighted by atomic mass is 16.2. The van der Waals surface area contributed by atoms with Crippen molar-refractivity contribution in [2.45, 2.75) is 71.5 Å². The van der Waals surface area contributed by atoms with Crippen molar-refractivity contribution in [1.29, 1.82) is 0 Å². The van der Waals surface area contributed by atoms with E-state index in [1.54, 1.807) is 0 Å². The third kappa shape index (κ3) is 10.1. The maximum atomic E-state index is 13.1. The van der Waals surface area contributed by atoms with Gasteiger partial charge in [0.05, 0.1) is 12.1 Å². The first-order valence-electron chi connectivity index (χ1n) is 10.2. The van der Waals surface area contributed by atoms with Crippen LogP contribution in [-0.4, -0.2) is 41.9 Å². The summed E-state index contributed by atoms with van der Waals surface area (Å²) in [6.45, 7) is 10.0. The van der Waals surface area contributed by atoms with E-state index in [1.165, 1.54) is 0 Å². The minimum Gasteiger partial charge on any atom is -0.352 e. The Balaban J connectivity index is 2.88. The topological polar surface area (TPSA) is 113 Å². The minimum absolute atomic E-state index is 0.0216. The molecule has 0 bridgehead atoms. The molecule has 7 heteroatoms. The molecular weight excluding hydrogens is 368 g/mol. The van der Waals surface area contributed by atoms with Crippen LogP contribution in [0.15, 0.2) is 30.3 Å². The molecule has 0 aliphatic rings. The summed E-state index contributed by atoms with van der Waals surface area (Å²) in [5.41, 5.74) is 5.85. The van der Waals surface area contributed by atoms with Crippen molar-refractivity contribution in [3.8, 4) is 0 Å². The molecular formula is C22H36N4O3. The highest BCUT2D eigenvalue weighted by Crippen LogP contribution is 2.11. The van der Waals surface area contributed by atoms with E-state index in [1.807, 2.05) is 65.0 Å². The predicted octanol–water partition coefficient (Wildman–Crippen LogP) is 2.14. The molecule has 0 heterocycles. The third-order valence-electron chi connectivity index (χ3n) is 4.40. The van der Waals surface area contributed by atoms with Gasteiger partial charge in [-0.3, -0.25) is 9.59 Å². The Bertz CT molecular complexity index is 668. The molecule has 0 radical (unpaired) electrons. The Morgan fingerprint density at radius 2 is 1.66 bits per heavy atom. The van der Waals surface area contributed by atoms with Gasteiger partial charge in [-0.2, -0.15) is 0 Å². The molecule has 29 heavy (non-hydrogen) atoms. The van der Waals surface area contributed by atoms with Crippen LogP contribution in [0, 0.1) is 5.92 Å². The fourth-order valence-corrected chi connectivity index (χ4v) is 3.06. The molecule has 0 aliphatic heterocycles. The maximum Gasteiger partial charge on any atom is 0.312 e. The van der Waals surface area contributed by atoms with Gasteiger partial charge < -0.3 is 21.7 Å². The fourth-order valence-electron chi connectivity index (χ4n) is 3.06. The second-order valence-electron chi connectivity index (χ2n) is 8.69. The summed E-state index contributed by atoms with van der Waals surface area (Å²) >= 11 is 0. The molecule has 0 aliphatic carbocycles. The zero-order valence-electron chi connectivity index (χ0n) is 18.2. The number of nitrogens with two attached hydrogens (primary N) is 1. The van der Waals surface area contributed by atoms with E-state index in [2.05, 4.69) is 16.0 Å². The van der Waals surface area contributed by atoms with Crippen LogP contribution in [0.25, 0.3) is 0 Å². The molecule has 0 fully saturated rings. The van der Waals surface area contributed by atoms with Crippen LogP contribution >= 0.6 is 0 Å². The Labute approximate surface area is 174 Å².